The van der Waals surface area contributed by atoms with Crippen LogP contribution in [0.3, 0.4) is 0 Å². The Bertz CT molecular complexity index is 614. The lowest BCUT2D eigenvalue weighted by Crippen LogP contribution is -2.56. The predicted octanol–water partition coefficient (Wildman–Crippen LogP) is 4.65. The molecule has 174 valence electrons. The highest BCUT2D eigenvalue weighted by Gasteiger charge is 2.60. The van der Waals surface area contributed by atoms with Gasteiger partial charge in [-0.3, -0.25) is 0 Å². The minimum atomic E-state index is -0.0392. The highest BCUT2D eigenvalue weighted by molar-refractivity contribution is 5.85. The van der Waals surface area contributed by atoms with Gasteiger partial charge in [0.25, 0.3) is 0 Å². The Morgan fingerprint density at radius 1 is 1.00 bits per heavy atom. The third-order valence-electron chi connectivity index (χ3n) is 9.97. The maximum atomic E-state index is 10.2. The van der Waals surface area contributed by atoms with Gasteiger partial charge in [0.1, 0.15) is 0 Å². The van der Waals surface area contributed by atoms with Gasteiger partial charge in [0, 0.05) is 19.1 Å². The van der Waals surface area contributed by atoms with Gasteiger partial charge in [-0.2, -0.15) is 5.26 Å². The van der Waals surface area contributed by atoms with Crippen LogP contribution in [0.25, 0.3) is 0 Å². The summed E-state index contributed by atoms with van der Waals surface area (Å²) < 4.78 is 0. The Labute approximate surface area is 196 Å². The van der Waals surface area contributed by atoms with Gasteiger partial charge < -0.3 is 15.3 Å². The summed E-state index contributed by atoms with van der Waals surface area (Å²) >= 11 is 0. The normalized spacial score (nSPS) is 44.7. The van der Waals surface area contributed by atoms with Crippen molar-refractivity contribution in [2.75, 3.05) is 26.7 Å². The van der Waals surface area contributed by atoms with Gasteiger partial charge in [-0.15, -0.1) is 24.8 Å². The smallest absolute Gasteiger partial charge is 0.0841 e. The summed E-state index contributed by atoms with van der Waals surface area (Å²) in [4.78, 5) is 2.59. The monoisotopic (exact) mass is 459 g/mol. The van der Waals surface area contributed by atoms with Crippen molar-refractivity contribution >= 4 is 24.8 Å². The van der Waals surface area contributed by atoms with Gasteiger partial charge in [-0.1, -0.05) is 13.8 Å². The van der Waals surface area contributed by atoms with Crippen molar-refractivity contribution in [1.29, 1.82) is 5.26 Å². The molecule has 0 aromatic carbocycles. The van der Waals surface area contributed by atoms with E-state index in [-0.39, 0.29) is 30.9 Å². The summed E-state index contributed by atoms with van der Waals surface area (Å²) in [5.74, 6) is 3.44. The molecular weight excluding hydrogens is 417 g/mol. The fourth-order valence-corrected chi connectivity index (χ4v) is 8.49. The van der Waals surface area contributed by atoms with E-state index >= 15 is 0 Å². The molecule has 4 rings (SSSR count). The summed E-state index contributed by atoms with van der Waals surface area (Å²) in [6.45, 7) is 7.60. The number of likely N-dealkylation sites (N-methyl/N-ethyl adjacent to an activating group) is 1. The molecule has 0 aromatic rings. The molecule has 0 aromatic heterocycles. The van der Waals surface area contributed by atoms with E-state index in [1.165, 1.54) is 44.9 Å². The minimum absolute atomic E-state index is 0. The second-order valence-corrected chi connectivity index (χ2v) is 11.0. The Kier molecular flexibility index (Phi) is 8.96. The van der Waals surface area contributed by atoms with Gasteiger partial charge in [0.2, 0.25) is 0 Å². The first-order valence-corrected chi connectivity index (χ1v) is 11.9. The molecule has 4 aliphatic rings. The van der Waals surface area contributed by atoms with Crippen molar-refractivity contribution in [1.82, 2.24) is 10.2 Å². The van der Waals surface area contributed by atoms with Crippen LogP contribution < -0.4 is 5.32 Å². The number of rotatable bonds is 5. The number of nitriles is 1. The van der Waals surface area contributed by atoms with Crippen LogP contribution in [0.5, 0.6) is 0 Å². The molecule has 4 aliphatic carbocycles. The van der Waals surface area contributed by atoms with Gasteiger partial charge >= 0.3 is 0 Å². The van der Waals surface area contributed by atoms with Crippen molar-refractivity contribution in [3.8, 4) is 6.07 Å². The van der Waals surface area contributed by atoms with E-state index in [4.69, 9.17) is 5.26 Å². The van der Waals surface area contributed by atoms with E-state index in [1.54, 1.807) is 0 Å². The molecule has 4 fully saturated rings. The van der Waals surface area contributed by atoms with Crippen molar-refractivity contribution in [2.24, 2.45) is 34.5 Å². The number of aliphatic hydroxyl groups excluding tert-OH is 1. The van der Waals surface area contributed by atoms with Crippen molar-refractivity contribution in [2.45, 2.75) is 83.8 Å². The van der Waals surface area contributed by atoms with Gasteiger partial charge in [-0.05, 0) is 99.3 Å². The third kappa shape index (κ3) is 4.40. The van der Waals surface area contributed by atoms with E-state index in [0.29, 0.717) is 23.4 Å². The van der Waals surface area contributed by atoms with Crippen molar-refractivity contribution in [3.63, 3.8) is 0 Å². The molecule has 4 saturated carbocycles. The zero-order chi connectivity index (χ0) is 19.9. The standard InChI is InChI=1S/C24H41N3O.2ClH/c1-23-10-8-18(28)16-17(23)4-5-19-20-6-7-22(24(20,2)11-9-21(19)23)27(3)15-14-26-13-12-25;;/h17-22,26,28H,4-11,13-16H2,1-3H3;2*1H/t17-,18-,19?,20?,21?,22-,23-,24-;;/m0../s1. The quantitative estimate of drug-likeness (QED) is 0.463. The first-order chi connectivity index (χ1) is 13.4. The van der Waals surface area contributed by atoms with Crippen LogP contribution in [-0.4, -0.2) is 48.8 Å². The topological polar surface area (TPSA) is 59.3 Å². The molecule has 4 nitrogen and oxygen atoms in total. The van der Waals surface area contributed by atoms with E-state index in [1.807, 2.05) is 0 Å². The van der Waals surface area contributed by atoms with Crippen molar-refractivity contribution < 1.29 is 5.11 Å². The van der Waals surface area contributed by atoms with Crippen molar-refractivity contribution in [3.05, 3.63) is 0 Å². The molecule has 0 saturated heterocycles. The maximum Gasteiger partial charge on any atom is 0.0841 e. The van der Waals surface area contributed by atoms with Crippen LogP contribution in [0.1, 0.15) is 71.6 Å². The molecule has 0 heterocycles. The highest BCUT2D eigenvalue weighted by Crippen LogP contribution is 2.66. The number of nitrogens with one attached hydrogen (secondary N) is 1. The maximum absolute atomic E-state index is 10.2. The molecule has 2 N–H and O–H groups in total. The number of halogens is 2. The zero-order valence-corrected chi connectivity index (χ0v) is 20.7. The van der Waals surface area contributed by atoms with Crippen LogP contribution in [0, 0.1) is 45.8 Å². The summed E-state index contributed by atoms with van der Waals surface area (Å²) in [6, 6.07) is 2.87. The van der Waals surface area contributed by atoms with Gasteiger partial charge in [-0.25, -0.2) is 0 Å². The molecular formula is C24H43Cl2N3O. The second-order valence-electron chi connectivity index (χ2n) is 11.0. The van der Waals surface area contributed by atoms with E-state index < -0.39 is 0 Å². The summed E-state index contributed by atoms with van der Waals surface area (Å²) in [6.07, 6.45) is 11.6. The number of aliphatic hydroxyl groups is 1. The largest absolute Gasteiger partial charge is 0.393 e. The lowest BCUT2D eigenvalue weighted by Gasteiger charge is -2.61. The Hall–Kier alpha value is -0.0500. The van der Waals surface area contributed by atoms with Crippen LogP contribution in [0.2, 0.25) is 0 Å². The lowest BCUT2D eigenvalue weighted by atomic mass is 9.45. The summed E-state index contributed by atoms with van der Waals surface area (Å²) in [5.41, 5.74) is 0.942. The number of hydrogen-bond donors (Lipinski definition) is 2. The average molecular weight is 461 g/mol. The number of hydrogen-bond acceptors (Lipinski definition) is 4. The number of fused-ring (bicyclic) bond motifs is 5. The molecule has 8 atom stereocenters. The Morgan fingerprint density at radius 3 is 2.43 bits per heavy atom. The van der Waals surface area contributed by atoms with Gasteiger partial charge in [0.05, 0.1) is 18.7 Å². The highest BCUT2D eigenvalue weighted by atomic mass is 35.5. The predicted molar refractivity (Wildman–Crippen MR) is 127 cm³/mol. The molecule has 0 aliphatic heterocycles. The molecule has 0 spiro atoms. The Morgan fingerprint density at radius 2 is 1.70 bits per heavy atom. The molecule has 30 heavy (non-hydrogen) atoms. The van der Waals surface area contributed by atoms with E-state index in [9.17, 15) is 5.11 Å². The van der Waals surface area contributed by atoms with Gasteiger partial charge in [0.15, 0.2) is 0 Å². The zero-order valence-electron chi connectivity index (χ0n) is 19.1. The minimum Gasteiger partial charge on any atom is -0.393 e. The summed E-state index contributed by atoms with van der Waals surface area (Å²) in [5, 5.41) is 22.2. The Balaban J connectivity index is 0.00000160. The summed E-state index contributed by atoms with van der Waals surface area (Å²) in [7, 11) is 2.30. The van der Waals surface area contributed by atoms with Crippen LogP contribution in [0.15, 0.2) is 0 Å². The average Bonchev–Trinajstić information content (AvgIpc) is 3.03. The van der Waals surface area contributed by atoms with Crippen LogP contribution in [-0.2, 0) is 0 Å². The van der Waals surface area contributed by atoms with E-state index in [2.05, 4.69) is 37.2 Å². The van der Waals surface area contributed by atoms with E-state index in [0.717, 1.165) is 49.6 Å². The fraction of sp³-hybridized carbons (Fsp3) is 0.958. The fourth-order valence-electron chi connectivity index (χ4n) is 8.49. The van der Waals surface area contributed by atoms with Crippen LogP contribution >= 0.6 is 24.8 Å². The third-order valence-corrected chi connectivity index (χ3v) is 9.97. The number of nitrogens with zero attached hydrogens (tertiary/aromatic N) is 2. The molecule has 6 heteroatoms. The first-order valence-electron chi connectivity index (χ1n) is 11.9. The molecule has 0 radical (unpaired) electrons. The molecule has 3 unspecified atom stereocenters. The first kappa shape index (κ1) is 26.2. The van der Waals surface area contributed by atoms with Crippen LogP contribution in [0.4, 0.5) is 0 Å². The molecule has 0 amide bonds. The second kappa shape index (κ2) is 10.3. The lowest BCUT2D eigenvalue weighted by molar-refractivity contribution is -0.128. The SMILES string of the molecule is CN(CCNCC#N)[C@H]1CCC2C3CC[C@H]4C[C@@H](O)CC[C@]4(C)C3CC[C@@]21C.Cl.Cl. The molecule has 0 bridgehead atoms.